The zero-order valence-electron chi connectivity index (χ0n) is 17.4. The van der Waals surface area contributed by atoms with Crippen LogP contribution in [0.2, 0.25) is 0 Å². The van der Waals surface area contributed by atoms with Gasteiger partial charge in [-0.25, -0.2) is 9.59 Å². The van der Waals surface area contributed by atoms with Crippen LogP contribution in [0.25, 0.3) is 6.08 Å². The summed E-state index contributed by atoms with van der Waals surface area (Å²) in [6, 6.07) is 12.7. The third-order valence-electron chi connectivity index (χ3n) is 4.22. The average Bonchev–Trinajstić information content (AvgIpc) is 2.70. The van der Waals surface area contributed by atoms with Crippen LogP contribution in [0.4, 0.5) is 0 Å². The molecule has 0 bridgehead atoms. The van der Waals surface area contributed by atoms with E-state index in [0.29, 0.717) is 30.3 Å². The first kappa shape index (κ1) is 21.2. The van der Waals surface area contributed by atoms with E-state index in [-0.39, 0.29) is 5.57 Å². The number of rotatable bonds is 7. The maximum absolute atomic E-state index is 12.2. The van der Waals surface area contributed by atoms with Crippen molar-refractivity contribution in [2.45, 2.75) is 33.2 Å². The molecule has 7 heteroatoms. The highest BCUT2D eigenvalue weighted by Gasteiger charge is 2.38. The Kier molecular flexibility index (Phi) is 6.30. The van der Waals surface area contributed by atoms with Gasteiger partial charge in [0, 0.05) is 13.8 Å². The van der Waals surface area contributed by atoms with Gasteiger partial charge in [-0.05, 0) is 48.4 Å². The van der Waals surface area contributed by atoms with Crippen molar-refractivity contribution in [1.29, 1.82) is 0 Å². The molecule has 0 atom stereocenters. The molecule has 3 rings (SSSR count). The van der Waals surface area contributed by atoms with E-state index in [1.165, 1.54) is 19.9 Å². The van der Waals surface area contributed by atoms with E-state index in [1.807, 2.05) is 31.2 Å². The largest absolute Gasteiger partial charge is 0.497 e. The molecule has 158 valence electrons. The van der Waals surface area contributed by atoms with Crippen LogP contribution < -0.4 is 14.2 Å². The van der Waals surface area contributed by atoms with E-state index >= 15 is 0 Å². The number of methoxy groups -OCH3 is 1. The summed E-state index contributed by atoms with van der Waals surface area (Å²) in [6.45, 7) is 5.61. The Morgan fingerprint density at radius 2 is 1.70 bits per heavy atom. The molecule has 30 heavy (non-hydrogen) atoms. The van der Waals surface area contributed by atoms with E-state index in [1.54, 1.807) is 25.3 Å². The highest BCUT2D eigenvalue weighted by molar-refractivity contribution is 6.18. The summed E-state index contributed by atoms with van der Waals surface area (Å²) >= 11 is 0. The number of hydrogen-bond donors (Lipinski definition) is 0. The smallest absolute Gasteiger partial charge is 0.348 e. The number of carbonyl (C=O) groups is 2. The number of hydrogen-bond acceptors (Lipinski definition) is 7. The lowest BCUT2D eigenvalue weighted by molar-refractivity contribution is -0.222. The van der Waals surface area contributed by atoms with Gasteiger partial charge in [-0.2, -0.15) is 0 Å². The van der Waals surface area contributed by atoms with Crippen LogP contribution in [0.5, 0.6) is 17.2 Å². The predicted molar refractivity (Wildman–Crippen MR) is 109 cm³/mol. The summed E-state index contributed by atoms with van der Waals surface area (Å²) in [4.78, 5) is 24.3. The van der Waals surface area contributed by atoms with Crippen molar-refractivity contribution in [3.63, 3.8) is 0 Å². The number of esters is 2. The van der Waals surface area contributed by atoms with Crippen molar-refractivity contribution in [3.05, 3.63) is 59.2 Å². The minimum absolute atomic E-state index is 0.179. The van der Waals surface area contributed by atoms with E-state index in [2.05, 4.69) is 0 Å². The van der Waals surface area contributed by atoms with Crippen LogP contribution in [-0.2, 0) is 25.7 Å². The molecular weight excluding hydrogens is 388 g/mol. The Morgan fingerprint density at radius 1 is 0.967 bits per heavy atom. The van der Waals surface area contributed by atoms with Gasteiger partial charge >= 0.3 is 11.9 Å². The van der Waals surface area contributed by atoms with Gasteiger partial charge in [0.15, 0.2) is 11.5 Å². The first-order chi connectivity index (χ1) is 14.3. The van der Waals surface area contributed by atoms with Gasteiger partial charge in [0.1, 0.15) is 17.9 Å². The first-order valence-electron chi connectivity index (χ1n) is 9.52. The molecule has 2 aromatic carbocycles. The third-order valence-corrected chi connectivity index (χ3v) is 4.22. The molecule has 0 saturated carbocycles. The SMILES string of the molecule is CCOc1cc(C=C2C(=O)OC(C)(C)OC2=O)ccc1OCc1cccc(OC)c1. The molecule has 1 aliphatic heterocycles. The van der Waals surface area contributed by atoms with Crippen LogP contribution in [0.1, 0.15) is 31.9 Å². The minimum Gasteiger partial charge on any atom is -0.497 e. The topological polar surface area (TPSA) is 80.3 Å². The van der Waals surface area contributed by atoms with Crippen LogP contribution in [0, 0.1) is 0 Å². The van der Waals surface area contributed by atoms with Crippen LogP contribution in [0.15, 0.2) is 48.0 Å². The fourth-order valence-corrected chi connectivity index (χ4v) is 2.87. The molecule has 0 N–H and O–H groups in total. The van der Waals surface area contributed by atoms with Crippen LogP contribution in [0.3, 0.4) is 0 Å². The Balaban J connectivity index is 1.81. The van der Waals surface area contributed by atoms with E-state index < -0.39 is 17.7 Å². The average molecular weight is 412 g/mol. The molecule has 0 aliphatic carbocycles. The number of benzene rings is 2. The Morgan fingerprint density at radius 3 is 2.37 bits per heavy atom. The van der Waals surface area contributed by atoms with Gasteiger partial charge in [0.25, 0.3) is 5.79 Å². The van der Waals surface area contributed by atoms with Gasteiger partial charge in [-0.15, -0.1) is 0 Å². The molecule has 0 amide bonds. The second-order valence-electron chi connectivity index (χ2n) is 7.02. The van der Waals surface area contributed by atoms with Gasteiger partial charge in [-0.3, -0.25) is 0 Å². The summed E-state index contributed by atoms with van der Waals surface area (Å²) < 4.78 is 27.0. The molecule has 1 fully saturated rings. The van der Waals surface area contributed by atoms with E-state index in [9.17, 15) is 9.59 Å². The van der Waals surface area contributed by atoms with Gasteiger partial charge < -0.3 is 23.7 Å². The van der Waals surface area contributed by atoms with Crippen LogP contribution in [-0.4, -0.2) is 31.4 Å². The second-order valence-corrected chi connectivity index (χ2v) is 7.02. The number of cyclic esters (lactones) is 2. The maximum Gasteiger partial charge on any atom is 0.348 e. The van der Waals surface area contributed by atoms with Crippen molar-refractivity contribution < 1.29 is 33.3 Å². The van der Waals surface area contributed by atoms with E-state index in [0.717, 1.165) is 11.3 Å². The van der Waals surface area contributed by atoms with Crippen molar-refractivity contribution in [3.8, 4) is 17.2 Å². The lowest BCUT2D eigenvalue weighted by atomic mass is 10.1. The Bertz CT molecular complexity index is 953. The summed E-state index contributed by atoms with van der Waals surface area (Å²) in [5, 5.41) is 0. The highest BCUT2D eigenvalue weighted by atomic mass is 16.7. The lowest BCUT2D eigenvalue weighted by Gasteiger charge is -2.29. The zero-order chi connectivity index (χ0) is 21.7. The first-order valence-corrected chi connectivity index (χ1v) is 9.52. The molecule has 2 aromatic rings. The van der Waals surface area contributed by atoms with Crippen molar-refractivity contribution in [2.24, 2.45) is 0 Å². The van der Waals surface area contributed by atoms with Crippen molar-refractivity contribution in [2.75, 3.05) is 13.7 Å². The molecule has 7 nitrogen and oxygen atoms in total. The molecule has 0 spiro atoms. The minimum atomic E-state index is -1.28. The molecular formula is C23H24O7. The molecule has 1 saturated heterocycles. The normalized spacial score (nSPS) is 15.1. The molecule has 1 aliphatic rings. The maximum atomic E-state index is 12.2. The van der Waals surface area contributed by atoms with Crippen molar-refractivity contribution in [1.82, 2.24) is 0 Å². The quantitative estimate of drug-likeness (QED) is 0.388. The Labute approximate surface area is 175 Å². The third kappa shape index (κ3) is 5.11. The highest BCUT2D eigenvalue weighted by Crippen LogP contribution is 2.31. The molecule has 0 aromatic heterocycles. The summed E-state index contributed by atoms with van der Waals surface area (Å²) in [6.07, 6.45) is 1.41. The van der Waals surface area contributed by atoms with Gasteiger partial charge in [0.05, 0.1) is 13.7 Å². The Hall–Kier alpha value is -3.48. The molecule has 0 radical (unpaired) electrons. The van der Waals surface area contributed by atoms with E-state index in [4.69, 9.17) is 23.7 Å². The van der Waals surface area contributed by atoms with Gasteiger partial charge in [-0.1, -0.05) is 18.2 Å². The fraction of sp³-hybridized carbons (Fsp3) is 0.304. The lowest BCUT2D eigenvalue weighted by Crippen LogP contribution is -2.41. The zero-order valence-corrected chi connectivity index (χ0v) is 17.4. The number of ether oxygens (including phenoxy) is 5. The van der Waals surface area contributed by atoms with Crippen molar-refractivity contribution >= 4 is 18.0 Å². The van der Waals surface area contributed by atoms with Crippen LogP contribution >= 0.6 is 0 Å². The summed E-state index contributed by atoms with van der Waals surface area (Å²) in [7, 11) is 1.61. The monoisotopic (exact) mass is 412 g/mol. The molecule has 1 heterocycles. The summed E-state index contributed by atoms with van der Waals surface area (Å²) in [5.41, 5.74) is 1.34. The number of carbonyl (C=O) groups excluding carboxylic acids is 2. The summed E-state index contributed by atoms with van der Waals surface area (Å²) in [5.74, 6) is -0.957. The molecule has 0 unspecified atom stereocenters. The fourth-order valence-electron chi connectivity index (χ4n) is 2.87. The van der Waals surface area contributed by atoms with Gasteiger partial charge in [0.2, 0.25) is 0 Å². The second kappa shape index (κ2) is 8.90. The standard InChI is InChI=1S/C23H24O7/c1-5-27-20-13-15(12-18-21(24)29-23(2,3)30-22(18)25)9-10-19(20)28-14-16-7-6-8-17(11-16)26-4/h6-13H,5,14H2,1-4H3. The predicted octanol–water partition coefficient (Wildman–Crippen LogP) is 3.89.